The number of nitrogens with one attached hydrogen (secondary N) is 1. The molecule has 0 amide bonds. The van der Waals surface area contributed by atoms with Gasteiger partial charge in [-0.3, -0.25) is 0 Å². The predicted molar refractivity (Wildman–Crippen MR) is 61.9 cm³/mol. The van der Waals surface area contributed by atoms with Crippen LogP contribution in [0.1, 0.15) is 32.1 Å². The quantitative estimate of drug-likeness (QED) is 0.727. The number of hydrogen-bond donors (Lipinski definition) is 2. The molecule has 2 aliphatic rings. The lowest BCUT2D eigenvalue weighted by Crippen LogP contribution is -2.46. The highest BCUT2D eigenvalue weighted by Crippen LogP contribution is 2.25. The summed E-state index contributed by atoms with van der Waals surface area (Å²) in [5, 5.41) is 13.1. The van der Waals surface area contributed by atoms with Gasteiger partial charge in [0, 0.05) is 25.2 Å². The van der Waals surface area contributed by atoms with E-state index < -0.39 is 0 Å². The fraction of sp³-hybridized carbons (Fsp3) is 1.00. The summed E-state index contributed by atoms with van der Waals surface area (Å²) in [6, 6.07) is 1.23. The van der Waals surface area contributed by atoms with E-state index in [4.69, 9.17) is 0 Å². The topological polar surface area (TPSA) is 35.5 Å². The Morgan fingerprint density at radius 2 is 2.07 bits per heavy atom. The van der Waals surface area contributed by atoms with Gasteiger partial charge in [0.2, 0.25) is 0 Å². The lowest BCUT2D eigenvalue weighted by atomic mass is 9.84. The van der Waals surface area contributed by atoms with Crippen molar-refractivity contribution in [1.29, 1.82) is 0 Å². The maximum atomic E-state index is 9.34. The third kappa shape index (κ3) is 2.92. The van der Waals surface area contributed by atoms with Gasteiger partial charge in [0.05, 0.1) is 0 Å². The van der Waals surface area contributed by atoms with Gasteiger partial charge in [0.25, 0.3) is 0 Å². The number of likely N-dealkylation sites (tertiary alicyclic amines) is 1. The molecule has 3 nitrogen and oxygen atoms in total. The highest BCUT2D eigenvalue weighted by atomic mass is 16.3. The van der Waals surface area contributed by atoms with E-state index in [1.54, 1.807) is 0 Å². The molecule has 0 aromatic rings. The number of nitrogens with zero attached hydrogens (tertiary/aromatic N) is 1. The number of rotatable bonds is 3. The zero-order chi connectivity index (χ0) is 10.7. The normalized spacial score (nSPS) is 38.4. The maximum absolute atomic E-state index is 9.34. The average Bonchev–Trinajstić information content (AvgIpc) is 2.65. The van der Waals surface area contributed by atoms with Gasteiger partial charge in [-0.05, 0) is 38.8 Å². The summed E-state index contributed by atoms with van der Waals surface area (Å²) in [5.74, 6) is 0.504. The van der Waals surface area contributed by atoms with Gasteiger partial charge in [-0.2, -0.15) is 0 Å². The van der Waals surface area contributed by atoms with Crippen molar-refractivity contribution in [3.05, 3.63) is 0 Å². The van der Waals surface area contributed by atoms with Crippen molar-refractivity contribution in [3.63, 3.8) is 0 Å². The van der Waals surface area contributed by atoms with Crippen LogP contribution in [0.4, 0.5) is 0 Å². The Hall–Kier alpha value is -0.120. The summed E-state index contributed by atoms with van der Waals surface area (Å²) < 4.78 is 0. The standard InChI is InChI=1S/C12H24N2O/c1-14-7-6-11(8-14)13-12-5-3-2-4-10(12)9-15/h10-13,15H,2-9H2,1H3. The number of aliphatic hydroxyl groups is 1. The summed E-state index contributed by atoms with van der Waals surface area (Å²) in [4.78, 5) is 2.38. The number of aliphatic hydroxyl groups excluding tert-OH is 1. The second-order valence-electron chi connectivity index (χ2n) is 5.25. The molecule has 1 aliphatic carbocycles. The Morgan fingerprint density at radius 3 is 2.73 bits per heavy atom. The van der Waals surface area contributed by atoms with E-state index in [1.807, 2.05) is 0 Å². The summed E-state index contributed by atoms with van der Waals surface area (Å²) in [6.07, 6.45) is 6.36. The minimum Gasteiger partial charge on any atom is -0.396 e. The van der Waals surface area contributed by atoms with E-state index in [2.05, 4.69) is 17.3 Å². The van der Waals surface area contributed by atoms with Crippen LogP contribution in [0.25, 0.3) is 0 Å². The van der Waals surface area contributed by atoms with Gasteiger partial charge in [0.1, 0.15) is 0 Å². The molecule has 0 aromatic carbocycles. The van der Waals surface area contributed by atoms with Crippen LogP contribution in [-0.2, 0) is 0 Å². The Morgan fingerprint density at radius 1 is 1.27 bits per heavy atom. The van der Waals surface area contributed by atoms with E-state index in [-0.39, 0.29) is 0 Å². The molecule has 2 N–H and O–H groups in total. The first-order valence-electron chi connectivity index (χ1n) is 6.35. The summed E-state index contributed by atoms with van der Waals surface area (Å²) in [7, 11) is 2.19. The van der Waals surface area contributed by atoms with Crippen molar-refractivity contribution in [3.8, 4) is 0 Å². The molecule has 1 aliphatic heterocycles. The van der Waals surface area contributed by atoms with Crippen molar-refractivity contribution in [2.45, 2.75) is 44.2 Å². The highest BCUT2D eigenvalue weighted by Gasteiger charge is 2.28. The van der Waals surface area contributed by atoms with Gasteiger partial charge in [-0.15, -0.1) is 0 Å². The molecule has 1 saturated heterocycles. The second-order valence-corrected chi connectivity index (χ2v) is 5.25. The van der Waals surface area contributed by atoms with E-state index in [1.165, 1.54) is 45.2 Å². The number of hydrogen-bond acceptors (Lipinski definition) is 3. The van der Waals surface area contributed by atoms with Crippen LogP contribution in [0.3, 0.4) is 0 Å². The van der Waals surface area contributed by atoms with Crippen molar-refractivity contribution in [1.82, 2.24) is 10.2 Å². The van der Waals surface area contributed by atoms with Crippen LogP contribution >= 0.6 is 0 Å². The van der Waals surface area contributed by atoms with Crippen molar-refractivity contribution >= 4 is 0 Å². The minimum absolute atomic E-state index is 0.361. The summed E-state index contributed by atoms with van der Waals surface area (Å²) in [6.45, 7) is 2.75. The Labute approximate surface area is 92.8 Å². The fourth-order valence-electron chi connectivity index (χ4n) is 3.02. The Balaban J connectivity index is 1.81. The van der Waals surface area contributed by atoms with E-state index in [0.29, 0.717) is 24.6 Å². The summed E-state index contributed by atoms with van der Waals surface area (Å²) in [5.41, 5.74) is 0. The van der Waals surface area contributed by atoms with Crippen LogP contribution in [0.2, 0.25) is 0 Å². The molecule has 3 heteroatoms. The molecule has 15 heavy (non-hydrogen) atoms. The minimum atomic E-state index is 0.361. The third-order valence-corrected chi connectivity index (χ3v) is 3.98. The highest BCUT2D eigenvalue weighted by molar-refractivity contribution is 4.87. The van der Waals surface area contributed by atoms with Crippen LogP contribution in [-0.4, -0.2) is 48.8 Å². The van der Waals surface area contributed by atoms with Crippen molar-refractivity contribution in [2.75, 3.05) is 26.7 Å². The Bertz CT molecular complexity index is 198. The molecule has 3 atom stereocenters. The zero-order valence-electron chi connectivity index (χ0n) is 9.78. The molecule has 0 radical (unpaired) electrons. The molecule has 1 heterocycles. The maximum Gasteiger partial charge on any atom is 0.0474 e. The first-order valence-corrected chi connectivity index (χ1v) is 6.35. The smallest absolute Gasteiger partial charge is 0.0474 e. The average molecular weight is 212 g/mol. The lowest BCUT2D eigenvalue weighted by molar-refractivity contribution is 0.146. The number of likely N-dealkylation sites (N-methyl/N-ethyl adjacent to an activating group) is 1. The predicted octanol–water partition coefficient (Wildman–Crippen LogP) is 0.831. The molecule has 1 saturated carbocycles. The van der Waals surface area contributed by atoms with Crippen LogP contribution in [0.15, 0.2) is 0 Å². The molecule has 0 bridgehead atoms. The molecule has 2 rings (SSSR count). The molecule has 0 spiro atoms. The second kappa shape index (κ2) is 5.28. The molecule has 2 fully saturated rings. The zero-order valence-corrected chi connectivity index (χ0v) is 9.78. The van der Waals surface area contributed by atoms with E-state index in [9.17, 15) is 5.11 Å². The molecular formula is C12H24N2O. The molecule has 0 aromatic heterocycles. The Kier molecular flexibility index (Phi) is 4.00. The first kappa shape index (κ1) is 11.4. The lowest BCUT2D eigenvalue weighted by Gasteiger charge is -2.33. The van der Waals surface area contributed by atoms with Crippen LogP contribution in [0, 0.1) is 5.92 Å². The van der Waals surface area contributed by atoms with Gasteiger partial charge >= 0.3 is 0 Å². The summed E-state index contributed by atoms with van der Waals surface area (Å²) >= 11 is 0. The fourth-order valence-corrected chi connectivity index (χ4v) is 3.02. The van der Waals surface area contributed by atoms with Crippen molar-refractivity contribution < 1.29 is 5.11 Å². The SMILES string of the molecule is CN1CCC(NC2CCCCC2CO)C1. The molecule has 3 unspecified atom stereocenters. The van der Waals surface area contributed by atoms with Gasteiger partial charge in [0.15, 0.2) is 0 Å². The molecule has 88 valence electrons. The largest absolute Gasteiger partial charge is 0.396 e. The van der Waals surface area contributed by atoms with E-state index in [0.717, 1.165) is 0 Å². The molecular weight excluding hydrogens is 188 g/mol. The first-order chi connectivity index (χ1) is 7.29. The van der Waals surface area contributed by atoms with Crippen molar-refractivity contribution in [2.24, 2.45) is 5.92 Å². The monoisotopic (exact) mass is 212 g/mol. The van der Waals surface area contributed by atoms with E-state index >= 15 is 0 Å². The van der Waals surface area contributed by atoms with Gasteiger partial charge < -0.3 is 15.3 Å². The van der Waals surface area contributed by atoms with Gasteiger partial charge in [-0.25, -0.2) is 0 Å². The van der Waals surface area contributed by atoms with Gasteiger partial charge in [-0.1, -0.05) is 12.8 Å². The van der Waals surface area contributed by atoms with Crippen LogP contribution < -0.4 is 5.32 Å². The van der Waals surface area contributed by atoms with Crippen LogP contribution in [0.5, 0.6) is 0 Å². The third-order valence-electron chi connectivity index (χ3n) is 3.98.